The first-order valence-corrected chi connectivity index (χ1v) is 7.32. The predicted molar refractivity (Wildman–Crippen MR) is 88.2 cm³/mol. The van der Waals surface area contributed by atoms with Crippen molar-refractivity contribution >= 4 is 18.3 Å². The number of aromatic nitrogens is 2. The Morgan fingerprint density at radius 1 is 1.41 bits per heavy atom. The van der Waals surface area contributed by atoms with Crippen molar-refractivity contribution in [2.75, 3.05) is 13.1 Å². The van der Waals surface area contributed by atoms with Gasteiger partial charge in [-0.1, -0.05) is 25.1 Å². The average molecular weight is 321 g/mol. The molecule has 118 valence electrons. The lowest BCUT2D eigenvalue weighted by Gasteiger charge is -2.31. The summed E-state index contributed by atoms with van der Waals surface area (Å²) in [5.41, 5.74) is 2.06. The fourth-order valence-electron chi connectivity index (χ4n) is 2.52. The highest BCUT2D eigenvalue weighted by Crippen LogP contribution is 2.17. The van der Waals surface area contributed by atoms with Crippen LogP contribution in [-0.4, -0.2) is 28.8 Å². The molecule has 1 amide bonds. The highest BCUT2D eigenvalue weighted by atomic mass is 35.5. The monoisotopic (exact) mass is 320 g/mol. The lowest BCUT2D eigenvalue weighted by molar-refractivity contribution is -0.126. The maximum absolute atomic E-state index is 12.2. The number of rotatable bonds is 5. The van der Waals surface area contributed by atoms with Gasteiger partial charge in [0, 0.05) is 24.9 Å². The zero-order chi connectivity index (χ0) is 14.7. The first-order valence-electron chi connectivity index (χ1n) is 7.32. The van der Waals surface area contributed by atoms with Crippen LogP contribution >= 0.6 is 12.4 Å². The van der Waals surface area contributed by atoms with Crippen LogP contribution in [0.5, 0.6) is 0 Å². The van der Waals surface area contributed by atoms with Crippen LogP contribution in [0.25, 0.3) is 5.69 Å². The fourth-order valence-corrected chi connectivity index (χ4v) is 2.52. The number of amides is 1. The SMILES string of the molecule is CC(C(=O)NCc1ccccc1-n1cccn1)C1CNC1.Cl. The minimum absolute atomic E-state index is 0. The molecule has 2 heterocycles. The second-order valence-corrected chi connectivity index (χ2v) is 5.50. The summed E-state index contributed by atoms with van der Waals surface area (Å²) in [7, 11) is 0. The van der Waals surface area contributed by atoms with E-state index in [0.717, 1.165) is 24.3 Å². The Morgan fingerprint density at radius 2 is 2.18 bits per heavy atom. The maximum Gasteiger partial charge on any atom is 0.223 e. The standard InChI is InChI=1S/C16H20N4O.ClH/c1-12(14-9-17-10-14)16(21)18-11-13-5-2-3-6-15(13)20-8-4-7-19-20;/h2-8,12,14,17H,9-11H2,1H3,(H,18,21);1H. The third-order valence-corrected chi connectivity index (χ3v) is 4.13. The van der Waals surface area contributed by atoms with Crippen LogP contribution in [0.15, 0.2) is 42.7 Å². The van der Waals surface area contributed by atoms with Crippen molar-refractivity contribution in [1.82, 2.24) is 20.4 Å². The first kappa shape index (κ1) is 16.5. The smallest absolute Gasteiger partial charge is 0.223 e. The van der Waals surface area contributed by atoms with Gasteiger partial charge in [0.2, 0.25) is 5.91 Å². The van der Waals surface area contributed by atoms with Gasteiger partial charge in [0.1, 0.15) is 0 Å². The van der Waals surface area contributed by atoms with Crippen molar-refractivity contribution in [2.45, 2.75) is 13.5 Å². The topological polar surface area (TPSA) is 59.0 Å². The molecule has 6 heteroatoms. The van der Waals surface area contributed by atoms with Crippen LogP contribution in [-0.2, 0) is 11.3 Å². The normalized spacial score (nSPS) is 15.5. The second-order valence-electron chi connectivity index (χ2n) is 5.50. The maximum atomic E-state index is 12.2. The minimum Gasteiger partial charge on any atom is -0.352 e. The predicted octanol–water partition coefficient (Wildman–Crippen LogP) is 1.77. The van der Waals surface area contributed by atoms with Crippen LogP contribution in [0.4, 0.5) is 0 Å². The molecule has 3 rings (SSSR count). The van der Waals surface area contributed by atoms with E-state index in [1.807, 2.05) is 48.1 Å². The van der Waals surface area contributed by atoms with E-state index in [-0.39, 0.29) is 24.2 Å². The van der Waals surface area contributed by atoms with Crippen molar-refractivity contribution < 1.29 is 4.79 Å². The molecule has 1 aliphatic heterocycles. The third-order valence-electron chi connectivity index (χ3n) is 4.13. The molecule has 1 aromatic heterocycles. The summed E-state index contributed by atoms with van der Waals surface area (Å²) in [5.74, 6) is 0.645. The number of hydrogen-bond acceptors (Lipinski definition) is 3. The Balaban J connectivity index is 0.00000176. The van der Waals surface area contributed by atoms with E-state index < -0.39 is 0 Å². The molecular weight excluding hydrogens is 300 g/mol. The molecule has 22 heavy (non-hydrogen) atoms. The lowest BCUT2D eigenvalue weighted by atomic mass is 9.88. The van der Waals surface area contributed by atoms with Gasteiger partial charge in [0.25, 0.3) is 0 Å². The van der Waals surface area contributed by atoms with E-state index in [1.54, 1.807) is 6.20 Å². The number of halogens is 1. The van der Waals surface area contributed by atoms with Gasteiger partial charge in [-0.2, -0.15) is 5.10 Å². The van der Waals surface area contributed by atoms with E-state index in [9.17, 15) is 4.79 Å². The van der Waals surface area contributed by atoms with Crippen LogP contribution < -0.4 is 10.6 Å². The van der Waals surface area contributed by atoms with Gasteiger partial charge >= 0.3 is 0 Å². The summed E-state index contributed by atoms with van der Waals surface area (Å²) in [6.45, 7) is 4.41. The zero-order valence-electron chi connectivity index (χ0n) is 12.5. The number of carbonyl (C=O) groups is 1. The largest absolute Gasteiger partial charge is 0.352 e. The summed E-state index contributed by atoms with van der Waals surface area (Å²) < 4.78 is 1.82. The second kappa shape index (κ2) is 7.42. The van der Waals surface area contributed by atoms with Gasteiger partial charge in [-0.15, -0.1) is 12.4 Å². The van der Waals surface area contributed by atoms with Crippen LogP contribution in [0.3, 0.4) is 0 Å². The highest BCUT2D eigenvalue weighted by molar-refractivity contribution is 5.85. The Bertz CT molecular complexity index is 610. The summed E-state index contributed by atoms with van der Waals surface area (Å²) >= 11 is 0. The van der Waals surface area contributed by atoms with Crippen LogP contribution in [0, 0.1) is 11.8 Å². The summed E-state index contributed by atoms with van der Waals surface area (Å²) in [4.78, 5) is 12.2. The van der Waals surface area contributed by atoms with Crippen molar-refractivity contribution in [1.29, 1.82) is 0 Å². The Labute approximate surface area is 136 Å². The number of hydrogen-bond donors (Lipinski definition) is 2. The van der Waals surface area contributed by atoms with E-state index >= 15 is 0 Å². The lowest BCUT2D eigenvalue weighted by Crippen LogP contribution is -2.49. The Kier molecular flexibility index (Phi) is 5.57. The summed E-state index contributed by atoms with van der Waals surface area (Å²) in [6, 6.07) is 9.88. The molecule has 1 unspecified atom stereocenters. The van der Waals surface area contributed by atoms with E-state index in [1.165, 1.54) is 0 Å². The number of para-hydroxylation sites is 1. The van der Waals surface area contributed by atoms with E-state index in [2.05, 4.69) is 15.7 Å². The van der Waals surface area contributed by atoms with E-state index in [4.69, 9.17) is 0 Å². The molecule has 2 N–H and O–H groups in total. The van der Waals surface area contributed by atoms with Crippen molar-refractivity contribution in [3.63, 3.8) is 0 Å². The molecule has 0 aliphatic carbocycles. The van der Waals surface area contributed by atoms with E-state index in [0.29, 0.717) is 12.5 Å². The number of nitrogens with zero attached hydrogens (tertiary/aromatic N) is 2. The molecule has 0 bridgehead atoms. The van der Waals surface area contributed by atoms with Gasteiger partial charge in [-0.25, -0.2) is 4.68 Å². The molecule has 1 atom stereocenters. The molecular formula is C16H21ClN4O. The number of benzene rings is 1. The molecule has 2 aromatic rings. The molecule has 0 radical (unpaired) electrons. The Hall–Kier alpha value is -1.85. The fraction of sp³-hybridized carbons (Fsp3) is 0.375. The van der Waals surface area contributed by atoms with Crippen LogP contribution in [0.1, 0.15) is 12.5 Å². The van der Waals surface area contributed by atoms with Crippen molar-refractivity contribution in [3.8, 4) is 5.69 Å². The number of nitrogens with one attached hydrogen (secondary N) is 2. The van der Waals surface area contributed by atoms with Gasteiger partial charge in [-0.3, -0.25) is 4.79 Å². The molecule has 0 spiro atoms. The van der Waals surface area contributed by atoms with Gasteiger partial charge in [-0.05, 0) is 36.7 Å². The average Bonchev–Trinajstić information content (AvgIpc) is 2.97. The van der Waals surface area contributed by atoms with Crippen molar-refractivity contribution in [3.05, 3.63) is 48.3 Å². The molecule has 1 saturated heterocycles. The molecule has 5 nitrogen and oxygen atoms in total. The number of carbonyl (C=O) groups excluding carboxylic acids is 1. The van der Waals surface area contributed by atoms with Crippen LogP contribution in [0.2, 0.25) is 0 Å². The van der Waals surface area contributed by atoms with Gasteiger partial charge in [0.05, 0.1) is 5.69 Å². The minimum atomic E-state index is 0. The van der Waals surface area contributed by atoms with Gasteiger partial charge < -0.3 is 10.6 Å². The highest BCUT2D eigenvalue weighted by Gasteiger charge is 2.28. The molecule has 1 fully saturated rings. The molecule has 1 aromatic carbocycles. The van der Waals surface area contributed by atoms with Gasteiger partial charge in [0.15, 0.2) is 0 Å². The van der Waals surface area contributed by atoms with Crippen molar-refractivity contribution in [2.24, 2.45) is 11.8 Å². The third kappa shape index (κ3) is 3.48. The Morgan fingerprint density at radius 3 is 2.82 bits per heavy atom. The summed E-state index contributed by atoms with van der Waals surface area (Å²) in [5, 5.41) is 10.5. The summed E-state index contributed by atoms with van der Waals surface area (Å²) in [6.07, 6.45) is 3.66. The molecule has 0 saturated carbocycles. The molecule has 1 aliphatic rings. The first-order chi connectivity index (χ1) is 10.3. The zero-order valence-corrected chi connectivity index (χ0v) is 13.3. The quantitative estimate of drug-likeness (QED) is 0.882.